The Hall–Kier alpha value is -1.18. The summed E-state index contributed by atoms with van der Waals surface area (Å²) < 4.78 is 0. The van der Waals surface area contributed by atoms with Crippen molar-refractivity contribution < 1.29 is 5.11 Å². The molecule has 96 valence electrons. The molecule has 2 nitrogen and oxygen atoms in total. The van der Waals surface area contributed by atoms with Crippen LogP contribution in [-0.2, 0) is 0 Å². The summed E-state index contributed by atoms with van der Waals surface area (Å²) in [5.74, 6) is 1.10. The molecular formula is C15H25NO. The summed E-state index contributed by atoms with van der Waals surface area (Å²) in [4.78, 5) is 0. The highest BCUT2D eigenvalue weighted by molar-refractivity contribution is 5.56. The van der Waals surface area contributed by atoms with Gasteiger partial charge in [0.2, 0.25) is 0 Å². The second-order valence-electron chi connectivity index (χ2n) is 4.75. The van der Waals surface area contributed by atoms with Crippen LogP contribution < -0.4 is 5.32 Å². The van der Waals surface area contributed by atoms with Crippen molar-refractivity contribution in [2.45, 2.75) is 46.5 Å². The Labute approximate surface area is 105 Å². The average Bonchev–Trinajstić information content (AvgIpc) is 2.34. The van der Waals surface area contributed by atoms with Crippen molar-refractivity contribution in [1.82, 2.24) is 0 Å². The number of phenols is 1. The number of anilines is 1. The van der Waals surface area contributed by atoms with Crippen molar-refractivity contribution in [3.05, 3.63) is 23.8 Å². The fourth-order valence-electron chi connectivity index (χ4n) is 2.01. The molecule has 1 rings (SSSR count). The van der Waals surface area contributed by atoms with Crippen LogP contribution in [0.3, 0.4) is 0 Å². The Morgan fingerprint density at radius 3 is 2.71 bits per heavy atom. The van der Waals surface area contributed by atoms with Gasteiger partial charge in [-0.15, -0.1) is 0 Å². The average molecular weight is 235 g/mol. The van der Waals surface area contributed by atoms with E-state index in [9.17, 15) is 5.11 Å². The maximum absolute atomic E-state index is 9.62. The molecule has 0 aliphatic rings. The van der Waals surface area contributed by atoms with E-state index in [0.29, 0.717) is 5.75 Å². The first-order valence-corrected chi connectivity index (χ1v) is 6.71. The van der Waals surface area contributed by atoms with E-state index in [0.717, 1.165) is 23.7 Å². The van der Waals surface area contributed by atoms with E-state index in [1.54, 1.807) is 6.07 Å². The van der Waals surface area contributed by atoms with E-state index >= 15 is 0 Å². The predicted octanol–water partition coefficient (Wildman–Crippen LogP) is 4.33. The van der Waals surface area contributed by atoms with Gasteiger partial charge in [0.1, 0.15) is 5.75 Å². The van der Waals surface area contributed by atoms with E-state index in [4.69, 9.17) is 0 Å². The molecule has 0 amide bonds. The highest BCUT2D eigenvalue weighted by atomic mass is 16.3. The predicted molar refractivity (Wildman–Crippen MR) is 74.6 cm³/mol. The Morgan fingerprint density at radius 2 is 2.06 bits per heavy atom. The van der Waals surface area contributed by atoms with Gasteiger partial charge in [0.15, 0.2) is 0 Å². The summed E-state index contributed by atoms with van der Waals surface area (Å²) in [6.45, 7) is 7.43. The van der Waals surface area contributed by atoms with Gasteiger partial charge in [-0.1, -0.05) is 39.2 Å². The summed E-state index contributed by atoms with van der Waals surface area (Å²) in [5.41, 5.74) is 2.00. The van der Waals surface area contributed by atoms with E-state index < -0.39 is 0 Å². The third-order valence-electron chi connectivity index (χ3n) is 3.43. The molecule has 0 aromatic heterocycles. The van der Waals surface area contributed by atoms with Crippen LogP contribution in [0.5, 0.6) is 5.75 Å². The molecule has 0 aliphatic heterocycles. The molecular weight excluding hydrogens is 210 g/mol. The van der Waals surface area contributed by atoms with Crippen LogP contribution in [0.25, 0.3) is 0 Å². The second-order valence-corrected chi connectivity index (χ2v) is 4.75. The van der Waals surface area contributed by atoms with E-state index in [1.807, 2.05) is 19.1 Å². The van der Waals surface area contributed by atoms with Crippen molar-refractivity contribution >= 4 is 5.69 Å². The molecule has 0 aliphatic carbocycles. The first-order valence-electron chi connectivity index (χ1n) is 6.71. The van der Waals surface area contributed by atoms with Crippen molar-refractivity contribution in [2.24, 2.45) is 5.92 Å². The minimum Gasteiger partial charge on any atom is -0.508 e. The summed E-state index contributed by atoms with van der Waals surface area (Å²) in [5, 5.41) is 13.1. The third kappa shape index (κ3) is 4.29. The van der Waals surface area contributed by atoms with Gasteiger partial charge in [0, 0.05) is 17.8 Å². The molecule has 17 heavy (non-hydrogen) atoms. The standard InChI is InChI=1S/C15H25NO/c1-4-6-8-13(5-2)11-16-14-9-7-10-15(17)12(14)3/h7,9-10,13,16-17H,4-6,8,11H2,1-3H3. The quantitative estimate of drug-likeness (QED) is 0.737. The van der Waals surface area contributed by atoms with Crippen LogP contribution in [0.1, 0.15) is 45.1 Å². The zero-order valence-electron chi connectivity index (χ0n) is 11.3. The lowest BCUT2D eigenvalue weighted by Crippen LogP contribution is -2.14. The number of nitrogens with one attached hydrogen (secondary N) is 1. The molecule has 1 aromatic carbocycles. The van der Waals surface area contributed by atoms with Crippen LogP contribution in [0.4, 0.5) is 5.69 Å². The summed E-state index contributed by atoms with van der Waals surface area (Å²) >= 11 is 0. The number of hydrogen-bond acceptors (Lipinski definition) is 2. The number of aromatic hydroxyl groups is 1. The molecule has 0 spiro atoms. The molecule has 2 N–H and O–H groups in total. The number of rotatable bonds is 7. The molecule has 2 heteroatoms. The number of benzene rings is 1. The van der Waals surface area contributed by atoms with Gasteiger partial charge in [-0.3, -0.25) is 0 Å². The second kappa shape index (κ2) is 7.21. The van der Waals surface area contributed by atoms with Gasteiger partial charge < -0.3 is 10.4 Å². The fraction of sp³-hybridized carbons (Fsp3) is 0.600. The number of unbranched alkanes of at least 4 members (excludes halogenated alkanes) is 1. The lowest BCUT2D eigenvalue weighted by atomic mass is 9.99. The zero-order chi connectivity index (χ0) is 12.7. The molecule has 0 saturated carbocycles. The minimum atomic E-state index is 0.372. The monoisotopic (exact) mass is 235 g/mol. The van der Waals surface area contributed by atoms with Crippen LogP contribution >= 0.6 is 0 Å². The van der Waals surface area contributed by atoms with Gasteiger partial charge in [0.05, 0.1) is 0 Å². The van der Waals surface area contributed by atoms with Crippen LogP contribution in [0.2, 0.25) is 0 Å². The highest BCUT2D eigenvalue weighted by Gasteiger charge is 2.07. The smallest absolute Gasteiger partial charge is 0.120 e. The van der Waals surface area contributed by atoms with E-state index in [-0.39, 0.29) is 0 Å². The first-order chi connectivity index (χ1) is 8.19. The van der Waals surface area contributed by atoms with E-state index in [2.05, 4.69) is 19.2 Å². The van der Waals surface area contributed by atoms with E-state index in [1.165, 1.54) is 25.7 Å². The molecule has 0 bridgehead atoms. The lowest BCUT2D eigenvalue weighted by molar-refractivity contribution is 0.467. The molecule has 1 atom stereocenters. The first kappa shape index (κ1) is 13.9. The Balaban J connectivity index is 2.50. The molecule has 0 heterocycles. The van der Waals surface area contributed by atoms with Gasteiger partial charge in [-0.05, 0) is 31.4 Å². The van der Waals surface area contributed by atoms with Crippen LogP contribution in [0.15, 0.2) is 18.2 Å². The van der Waals surface area contributed by atoms with Crippen molar-refractivity contribution in [1.29, 1.82) is 0 Å². The van der Waals surface area contributed by atoms with Gasteiger partial charge >= 0.3 is 0 Å². The zero-order valence-corrected chi connectivity index (χ0v) is 11.3. The molecule has 0 fully saturated rings. The summed E-state index contributed by atoms with van der Waals surface area (Å²) in [6.07, 6.45) is 5.07. The van der Waals surface area contributed by atoms with Crippen molar-refractivity contribution in [3.8, 4) is 5.75 Å². The number of hydrogen-bond donors (Lipinski definition) is 2. The molecule has 0 saturated heterocycles. The molecule has 1 unspecified atom stereocenters. The fourth-order valence-corrected chi connectivity index (χ4v) is 2.01. The van der Waals surface area contributed by atoms with Gasteiger partial charge in [-0.25, -0.2) is 0 Å². The summed E-state index contributed by atoms with van der Waals surface area (Å²) in [7, 11) is 0. The maximum atomic E-state index is 9.62. The highest BCUT2D eigenvalue weighted by Crippen LogP contribution is 2.24. The van der Waals surface area contributed by atoms with Crippen LogP contribution in [0, 0.1) is 12.8 Å². The number of phenolic OH excluding ortho intramolecular Hbond substituents is 1. The van der Waals surface area contributed by atoms with Gasteiger partial charge in [0.25, 0.3) is 0 Å². The summed E-state index contributed by atoms with van der Waals surface area (Å²) in [6, 6.07) is 5.65. The molecule has 0 radical (unpaired) electrons. The largest absolute Gasteiger partial charge is 0.508 e. The van der Waals surface area contributed by atoms with Crippen molar-refractivity contribution in [3.63, 3.8) is 0 Å². The Morgan fingerprint density at radius 1 is 1.29 bits per heavy atom. The lowest BCUT2D eigenvalue weighted by Gasteiger charge is -2.17. The van der Waals surface area contributed by atoms with Crippen molar-refractivity contribution in [2.75, 3.05) is 11.9 Å². The minimum absolute atomic E-state index is 0.372. The Kier molecular flexibility index (Phi) is 5.88. The normalized spacial score (nSPS) is 12.4. The third-order valence-corrected chi connectivity index (χ3v) is 3.43. The molecule has 1 aromatic rings. The van der Waals surface area contributed by atoms with Crippen LogP contribution in [-0.4, -0.2) is 11.7 Å². The van der Waals surface area contributed by atoms with Gasteiger partial charge in [-0.2, -0.15) is 0 Å². The Bertz CT molecular complexity index is 336. The SMILES string of the molecule is CCCCC(CC)CNc1cccc(O)c1C. The maximum Gasteiger partial charge on any atom is 0.120 e. The topological polar surface area (TPSA) is 32.3 Å².